The molecule has 0 saturated carbocycles. The van der Waals surface area contributed by atoms with Crippen molar-refractivity contribution in [3.05, 3.63) is 63.1 Å². The van der Waals surface area contributed by atoms with Gasteiger partial charge in [0.05, 0.1) is 12.0 Å². The van der Waals surface area contributed by atoms with Gasteiger partial charge in [-0.25, -0.2) is 8.78 Å². The monoisotopic (exact) mass is 351 g/mol. The van der Waals surface area contributed by atoms with E-state index in [4.69, 9.17) is 0 Å². The molecular formula is C15H8BrF2NO2. The highest BCUT2D eigenvalue weighted by Gasteiger charge is 2.23. The maximum Gasteiger partial charge on any atom is 0.228 e. The molecule has 21 heavy (non-hydrogen) atoms. The van der Waals surface area contributed by atoms with Gasteiger partial charge in [-0.1, -0.05) is 15.9 Å². The predicted octanol–water partition coefficient (Wildman–Crippen LogP) is 3.45. The number of nitrogens with one attached hydrogen (secondary N) is 1. The van der Waals surface area contributed by atoms with E-state index in [0.29, 0.717) is 11.3 Å². The minimum absolute atomic E-state index is 0.144. The number of carbonyl (C=O) groups is 2. The fraction of sp³-hybridized carbons (Fsp3) is 0.0667. The molecule has 1 N–H and O–H groups in total. The van der Waals surface area contributed by atoms with E-state index in [2.05, 4.69) is 21.2 Å². The zero-order valence-corrected chi connectivity index (χ0v) is 12.1. The Bertz CT molecular complexity index is 766. The van der Waals surface area contributed by atoms with Crippen molar-refractivity contribution in [2.45, 2.75) is 6.42 Å². The van der Waals surface area contributed by atoms with Crippen LogP contribution < -0.4 is 5.32 Å². The van der Waals surface area contributed by atoms with E-state index in [-0.39, 0.29) is 22.4 Å². The van der Waals surface area contributed by atoms with Gasteiger partial charge in [-0.05, 0) is 35.9 Å². The van der Waals surface area contributed by atoms with Crippen LogP contribution in [0.25, 0.3) is 0 Å². The maximum absolute atomic E-state index is 13.8. The van der Waals surface area contributed by atoms with E-state index in [0.717, 1.165) is 12.1 Å². The maximum atomic E-state index is 13.8. The zero-order valence-electron chi connectivity index (χ0n) is 10.5. The van der Waals surface area contributed by atoms with E-state index in [1.165, 1.54) is 12.1 Å². The highest BCUT2D eigenvalue weighted by Crippen LogP contribution is 2.27. The standard InChI is InChI=1S/C15H8BrF2NO2/c16-9-5-10(17)14(11(18)6-9)15(21)7-1-2-12-8(3-7)4-13(20)19-12/h1-3,5-6H,4H2,(H,19,20). The van der Waals surface area contributed by atoms with Gasteiger partial charge in [0.1, 0.15) is 11.6 Å². The smallest absolute Gasteiger partial charge is 0.228 e. The first-order chi connectivity index (χ1) is 9.95. The second-order valence-electron chi connectivity index (χ2n) is 4.67. The Kier molecular flexibility index (Phi) is 3.33. The van der Waals surface area contributed by atoms with Gasteiger partial charge in [-0.15, -0.1) is 0 Å². The zero-order chi connectivity index (χ0) is 15.1. The summed E-state index contributed by atoms with van der Waals surface area (Å²) >= 11 is 2.96. The SMILES string of the molecule is O=C1Cc2cc(C(=O)c3c(F)cc(Br)cc3F)ccc2N1. The average molecular weight is 352 g/mol. The van der Waals surface area contributed by atoms with Gasteiger partial charge in [-0.2, -0.15) is 0 Å². The van der Waals surface area contributed by atoms with Crippen LogP contribution in [-0.2, 0) is 11.2 Å². The first-order valence-corrected chi connectivity index (χ1v) is 6.87. The fourth-order valence-electron chi connectivity index (χ4n) is 2.27. The summed E-state index contributed by atoms with van der Waals surface area (Å²) in [5.74, 6) is -2.78. The molecule has 3 rings (SSSR count). The molecule has 1 amide bonds. The van der Waals surface area contributed by atoms with Crippen LogP contribution in [0.15, 0.2) is 34.8 Å². The third-order valence-corrected chi connectivity index (χ3v) is 3.68. The molecule has 3 nitrogen and oxygen atoms in total. The average Bonchev–Trinajstić information content (AvgIpc) is 2.76. The molecule has 0 aromatic heterocycles. The van der Waals surface area contributed by atoms with Gasteiger partial charge >= 0.3 is 0 Å². The number of anilines is 1. The number of halogens is 3. The Labute approximate surface area is 127 Å². The first-order valence-electron chi connectivity index (χ1n) is 6.08. The molecule has 2 aromatic rings. The molecular weight excluding hydrogens is 344 g/mol. The van der Waals surface area contributed by atoms with Crippen molar-refractivity contribution in [3.63, 3.8) is 0 Å². The van der Waals surface area contributed by atoms with Gasteiger partial charge in [0.2, 0.25) is 5.91 Å². The minimum Gasteiger partial charge on any atom is -0.326 e. The molecule has 1 heterocycles. The normalized spacial score (nSPS) is 13.0. The second kappa shape index (κ2) is 5.04. The number of benzene rings is 2. The molecule has 1 aliphatic heterocycles. The van der Waals surface area contributed by atoms with Gasteiger partial charge in [-0.3, -0.25) is 9.59 Å². The van der Waals surface area contributed by atoms with Crippen LogP contribution in [0.3, 0.4) is 0 Å². The lowest BCUT2D eigenvalue weighted by Crippen LogP contribution is -2.08. The third kappa shape index (κ3) is 2.47. The van der Waals surface area contributed by atoms with Crippen LogP contribution in [0, 0.1) is 11.6 Å². The van der Waals surface area contributed by atoms with Crippen molar-refractivity contribution in [2.24, 2.45) is 0 Å². The topological polar surface area (TPSA) is 46.2 Å². The van der Waals surface area contributed by atoms with Crippen LogP contribution in [-0.4, -0.2) is 11.7 Å². The summed E-state index contributed by atoms with van der Waals surface area (Å²) in [6, 6.07) is 6.55. The molecule has 0 unspecified atom stereocenters. The van der Waals surface area contributed by atoms with E-state index in [1.807, 2.05) is 0 Å². The lowest BCUT2D eigenvalue weighted by molar-refractivity contribution is -0.115. The highest BCUT2D eigenvalue weighted by atomic mass is 79.9. The molecule has 0 aliphatic carbocycles. The fourth-order valence-corrected chi connectivity index (χ4v) is 2.68. The van der Waals surface area contributed by atoms with Gasteiger partial charge in [0.15, 0.2) is 5.78 Å². The van der Waals surface area contributed by atoms with Crippen LogP contribution in [0.1, 0.15) is 21.5 Å². The van der Waals surface area contributed by atoms with Gasteiger partial charge < -0.3 is 5.32 Å². The van der Waals surface area contributed by atoms with E-state index < -0.39 is 23.0 Å². The molecule has 1 aliphatic rings. The number of ketones is 1. The van der Waals surface area contributed by atoms with Gasteiger partial charge in [0.25, 0.3) is 0 Å². The van der Waals surface area contributed by atoms with Crippen molar-refractivity contribution < 1.29 is 18.4 Å². The Morgan fingerprint density at radius 2 is 1.81 bits per heavy atom. The predicted molar refractivity (Wildman–Crippen MR) is 76.3 cm³/mol. The lowest BCUT2D eigenvalue weighted by atomic mass is 9.99. The number of hydrogen-bond donors (Lipinski definition) is 1. The van der Waals surface area contributed by atoms with E-state index in [9.17, 15) is 18.4 Å². The van der Waals surface area contributed by atoms with E-state index in [1.54, 1.807) is 6.07 Å². The van der Waals surface area contributed by atoms with Crippen LogP contribution in [0.5, 0.6) is 0 Å². The summed E-state index contributed by atoms with van der Waals surface area (Å²) in [5.41, 5.74) is 0.804. The van der Waals surface area contributed by atoms with Crippen LogP contribution in [0.2, 0.25) is 0 Å². The largest absolute Gasteiger partial charge is 0.326 e. The van der Waals surface area contributed by atoms with Crippen molar-refractivity contribution in [2.75, 3.05) is 5.32 Å². The summed E-state index contributed by atoms with van der Waals surface area (Å²) in [7, 11) is 0. The third-order valence-electron chi connectivity index (χ3n) is 3.23. The number of amides is 1. The van der Waals surface area contributed by atoms with Crippen molar-refractivity contribution >= 4 is 33.3 Å². The molecule has 0 bridgehead atoms. The van der Waals surface area contributed by atoms with Crippen LogP contribution in [0.4, 0.5) is 14.5 Å². The summed E-state index contributed by atoms with van der Waals surface area (Å²) in [6.45, 7) is 0. The molecule has 106 valence electrons. The number of carbonyl (C=O) groups excluding carboxylic acids is 2. The molecule has 6 heteroatoms. The number of rotatable bonds is 2. The second-order valence-corrected chi connectivity index (χ2v) is 5.59. The van der Waals surface area contributed by atoms with Crippen molar-refractivity contribution in [1.82, 2.24) is 0 Å². The Balaban J connectivity index is 2.04. The Morgan fingerprint density at radius 3 is 2.48 bits per heavy atom. The van der Waals surface area contributed by atoms with Crippen LogP contribution >= 0.6 is 15.9 Å². The molecule has 0 spiro atoms. The minimum atomic E-state index is -0.929. The molecule has 0 fully saturated rings. The van der Waals surface area contributed by atoms with E-state index >= 15 is 0 Å². The van der Waals surface area contributed by atoms with Crippen molar-refractivity contribution in [1.29, 1.82) is 0 Å². The number of hydrogen-bond acceptors (Lipinski definition) is 2. The quantitative estimate of drug-likeness (QED) is 0.842. The summed E-state index contributed by atoms with van der Waals surface area (Å²) in [6.07, 6.45) is 0.155. The molecule has 2 aromatic carbocycles. The Hall–Kier alpha value is -2.08. The molecule has 0 atom stereocenters. The lowest BCUT2D eigenvalue weighted by Gasteiger charge is -2.07. The Morgan fingerprint density at radius 1 is 1.14 bits per heavy atom. The summed E-state index contributed by atoms with van der Waals surface area (Å²) in [5, 5.41) is 2.63. The molecule has 0 radical (unpaired) electrons. The number of fused-ring (bicyclic) bond motifs is 1. The summed E-state index contributed by atoms with van der Waals surface area (Å²) in [4.78, 5) is 23.6. The first kappa shape index (κ1) is 13.9. The highest BCUT2D eigenvalue weighted by molar-refractivity contribution is 9.10. The van der Waals surface area contributed by atoms with Gasteiger partial charge in [0, 0.05) is 15.7 Å². The summed E-state index contributed by atoms with van der Waals surface area (Å²) < 4.78 is 27.9. The van der Waals surface area contributed by atoms with Crippen molar-refractivity contribution in [3.8, 4) is 0 Å². The molecule has 0 saturated heterocycles.